The molecule has 114 valence electrons. The molecule has 0 fully saturated rings. The number of benzene rings is 1. The number of hydrogen-bond acceptors (Lipinski definition) is 2. The number of nitrogens with zero attached hydrogens (tertiary/aromatic N) is 1. The summed E-state index contributed by atoms with van der Waals surface area (Å²) >= 11 is 5.24. The summed E-state index contributed by atoms with van der Waals surface area (Å²) in [4.78, 5) is 3.97. The van der Waals surface area contributed by atoms with E-state index in [-0.39, 0.29) is 0 Å². The first-order valence-electron chi connectivity index (χ1n) is 7.51. The van der Waals surface area contributed by atoms with Crippen molar-refractivity contribution in [3.8, 4) is 0 Å². The van der Waals surface area contributed by atoms with E-state index >= 15 is 0 Å². The minimum Gasteiger partial charge on any atom is -0.362 e. The Labute approximate surface area is 137 Å². The lowest BCUT2D eigenvalue weighted by Crippen LogP contribution is -2.29. The number of pyridine rings is 1. The summed E-state index contributed by atoms with van der Waals surface area (Å²) in [6, 6.07) is 14.2. The number of nitrogens with one attached hydrogen (secondary N) is 2. The maximum Gasteiger partial charge on any atom is 0.170 e. The van der Waals surface area contributed by atoms with Crippen LogP contribution in [-0.2, 0) is 0 Å². The van der Waals surface area contributed by atoms with E-state index in [1.165, 1.54) is 5.56 Å². The van der Waals surface area contributed by atoms with Gasteiger partial charge in [-0.3, -0.25) is 4.98 Å². The van der Waals surface area contributed by atoms with Gasteiger partial charge < -0.3 is 10.6 Å². The van der Waals surface area contributed by atoms with Crippen molar-refractivity contribution >= 4 is 29.1 Å². The van der Waals surface area contributed by atoms with E-state index in [4.69, 9.17) is 12.2 Å². The fourth-order valence-electron chi connectivity index (χ4n) is 1.98. The lowest BCUT2D eigenvalue weighted by Gasteiger charge is -2.09. The van der Waals surface area contributed by atoms with E-state index in [9.17, 15) is 0 Å². The quantitative estimate of drug-likeness (QED) is 0.592. The van der Waals surface area contributed by atoms with Crippen molar-refractivity contribution in [1.29, 1.82) is 0 Å². The third-order valence-corrected chi connectivity index (χ3v) is 3.38. The Morgan fingerprint density at radius 1 is 1.05 bits per heavy atom. The Bertz CT molecular complexity index is 582. The molecule has 0 saturated carbocycles. The molecular weight excluding hydrogens is 290 g/mol. The Morgan fingerprint density at radius 3 is 2.59 bits per heavy atom. The Kier molecular flexibility index (Phi) is 7.12. The summed E-state index contributed by atoms with van der Waals surface area (Å²) in [5.74, 6) is 0. The zero-order valence-corrected chi connectivity index (χ0v) is 13.4. The second kappa shape index (κ2) is 9.68. The summed E-state index contributed by atoms with van der Waals surface area (Å²) < 4.78 is 0. The van der Waals surface area contributed by atoms with Crippen molar-refractivity contribution in [2.24, 2.45) is 0 Å². The minimum atomic E-state index is 0.658. The Morgan fingerprint density at radius 2 is 1.82 bits per heavy atom. The number of anilines is 1. The third kappa shape index (κ3) is 6.50. The number of thiocarbonyl (C=S) groups is 1. The van der Waals surface area contributed by atoms with Crippen molar-refractivity contribution in [3.63, 3.8) is 0 Å². The van der Waals surface area contributed by atoms with Gasteiger partial charge in [-0.25, -0.2) is 0 Å². The highest BCUT2D eigenvalue weighted by molar-refractivity contribution is 7.80. The standard InChI is InChI=1S/C18H21N3S/c22-18(21-17-11-14-19-15-12-17)20-13-7-2-1-4-8-16-9-5-3-6-10-16/h3-6,8-12,14-15H,1-2,7,13H2,(H2,19,20,21,22)/b8-4+. The van der Waals surface area contributed by atoms with Crippen LogP contribution in [0.15, 0.2) is 60.9 Å². The maximum absolute atomic E-state index is 5.24. The summed E-state index contributed by atoms with van der Waals surface area (Å²) in [7, 11) is 0. The molecule has 1 aromatic carbocycles. The lowest BCUT2D eigenvalue weighted by molar-refractivity contribution is 0.723. The smallest absolute Gasteiger partial charge is 0.170 e. The van der Waals surface area contributed by atoms with E-state index in [1.807, 2.05) is 18.2 Å². The number of rotatable bonds is 7. The largest absolute Gasteiger partial charge is 0.362 e. The average Bonchev–Trinajstić information content (AvgIpc) is 2.56. The highest BCUT2D eigenvalue weighted by Gasteiger charge is 1.95. The topological polar surface area (TPSA) is 37.0 Å². The Hall–Kier alpha value is -2.20. The number of hydrogen-bond donors (Lipinski definition) is 2. The summed E-state index contributed by atoms with van der Waals surface area (Å²) in [6.07, 6.45) is 11.2. The first-order chi connectivity index (χ1) is 10.8. The van der Waals surface area contributed by atoms with Gasteiger partial charge in [0.2, 0.25) is 0 Å². The van der Waals surface area contributed by atoms with Crippen LogP contribution in [0.5, 0.6) is 0 Å². The molecule has 0 unspecified atom stereocenters. The molecule has 0 spiro atoms. The van der Waals surface area contributed by atoms with Gasteiger partial charge in [0, 0.05) is 24.6 Å². The van der Waals surface area contributed by atoms with Crippen LogP contribution < -0.4 is 10.6 Å². The summed E-state index contributed by atoms with van der Waals surface area (Å²) in [6.45, 7) is 0.885. The van der Waals surface area contributed by atoms with Crippen LogP contribution in [0.1, 0.15) is 24.8 Å². The molecule has 2 rings (SSSR count). The molecule has 0 saturated heterocycles. The van der Waals surface area contributed by atoms with E-state index in [0.717, 1.165) is 31.5 Å². The summed E-state index contributed by atoms with van der Waals surface area (Å²) in [5, 5.41) is 7.01. The van der Waals surface area contributed by atoms with Crippen LogP contribution >= 0.6 is 12.2 Å². The van der Waals surface area contributed by atoms with Crippen molar-refractivity contribution in [3.05, 3.63) is 66.5 Å². The zero-order valence-electron chi connectivity index (χ0n) is 12.5. The van der Waals surface area contributed by atoms with Gasteiger partial charge in [-0.15, -0.1) is 0 Å². The molecular formula is C18H21N3S. The molecule has 4 heteroatoms. The average molecular weight is 311 g/mol. The first kappa shape index (κ1) is 16.2. The monoisotopic (exact) mass is 311 g/mol. The molecule has 0 bridgehead atoms. The second-order valence-corrected chi connectivity index (χ2v) is 5.33. The van der Waals surface area contributed by atoms with Crippen LogP contribution in [0.3, 0.4) is 0 Å². The molecule has 0 aliphatic carbocycles. The van der Waals surface area contributed by atoms with E-state index in [0.29, 0.717) is 5.11 Å². The normalized spacial score (nSPS) is 10.5. The fourth-order valence-corrected chi connectivity index (χ4v) is 2.20. The molecule has 22 heavy (non-hydrogen) atoms. The van der Waals surface area contributed by atoms with E-state index in [2.05, 4.69) is 52.0 Å². The predicted molar refractivity (Wildman–Crippen MR) is 97.8 cm³/mol. The minimum absolute atomic E-state index is 0.658. The highest BCUT2D eigenvalue weighted by atomic mass is 32.1. The van der Waals surface area contributed by atoms with Crippen LogP contribution in [0.2, 0.25) is 0 Å². The zero-order chi connectivity index (χ0) is 15.5. The van der Waals surface area contributed by atoms with Gasteiger partial charge in [-0.05, 0) is 49.2 Å². The van der Waals surface area contributed by atoms with Crippen LogP contribution in [0, 0.1) is 0 Å². The maximum atomic E-state index is 5.24. The fraction of sp³-hybridized carbons (Fsp3) is 0.222. The molecule has 0 aliphatic rings. The predicted octanol–water partition coefficient (Wildman–Crippen LogP) is 4.25. The first-order valence-corrected chi connectivity index (χ1v) is 7.92. The number of unbranched alkanes of at least 4 members (excludes halogenated alkanes) is 2. The number of aromatic nitrogens is 1. The van der Waals surface area contributed by atoms with E-state index in [1.54, 1.807) is 12.4 Å². The molecule has 2 aromatic rings. The Balaban J connectivity index is 1.54. The van der Waals surface area contributed by atoms with Gasteiger partial charge in [0.05, 0.1) is 0 Å². The molecule has 1 heterocycles. The van der Waals surface area contributed by atoms with Gasteiger partial charge in [-0.1, -0.05) is 42.5 Å². The van der Waals surface area contributed by atoms with Gasteiger partial charge in [-0.2, -0.15) is 0 Å². The molecule has 0 atom stereocenters. The lowest BCUT2D eigenvalue weighted by atomic mass is 10.1. The molecule has 0 amide bonds. The molecule has 0 aliphatic heterocycles. The van der Waals surface area contributed by atoms with Crippen LogP contribution in [0.25, 0.3) is 6.08 Å². The second-order valence-electron chi connectivity index (χ2n) is 4.93. The summed E-state index contributed by atoms with van der Waals surface area (Å²) in [5.41, 5.74) is 2.21. The van der Waals surface area contributed by atoms with Crippen molar-refractivity contribution in [2.45, 2.75) is 19.3 Å². The highest BCUT2D eigenvalue weighted by Crippen LogP contribution is 2.04. The molecule has 3 nitrogen and oxygen atoms in total. The molecule has 1 aromatic heterocycles. The third-order valence-electron chi connectivity index (χ3n) is 3.13. The number of allylic oxidation sites excluding steroid dienone is 1. The van der Waals surface area contributed by atoms with E-state index < -0.39 is 0 Å². The van der Waals surface area contributed by atoms with Crippen LogP contribution in [-0.4, -0.2) is 16.6 Å². The van der Waals surface area contributed by atoms with Gasteiger partial charge in [0.15, 0.2) is 5.11 Å². The van der Waals surface area contributed by atoms with Crippen molar-refractivity contribution < 1.29 is 0 Å². The molecule has 0 radical (unpaired) electrons. The molecule has 2 N–H and O–H groups in total. The SMILES string of the molecule is S=C(NCCCC/C=C/c1ccccc1)Nc1ccncc1. The van der Waals surface area contributed by atoms with Crippen molar-refractivity contribution in [1.82, 2.24) is 10.3 Å². The van der Waals surface area contributed by atoms with Crippen molar-refractivity contribution in [2.75, 3.05) is 11.9 Å². The van der Waals surface area contributed by atoms with Gasteiger partial charge in [0.1, 0.15) is 0 Å². The van der Waals surface area contributed by atoms with Gasteiger partial charge >= 0.3 is 0 Å². The van der Waals surface area contributed by atoms with Gasteiger partial charge in [0.25, 0.3) is 0 Å². The van der Waals surface area contributed by atoms with Crippen LogP contribution in [0.4, 0.5) is 5.69 Å².